The molecule has 27 heavy (non-hydrogen) atoms. The number of fused-ring (bicyclic) bond motifs is 1. The SMILES string of the molecule is Cc1nn(-c2ccccc2)c2ncc(NS(=O)(=O)c3ccc(F)cc3)cc12. The molecule has 4 rings (SSSR count). The lowest BCUT2D eigenvalue weighted by atomic mass is 10.2. The highest BCUT2D eigenvalue weighted by molar-refractivity contribution is 7.92. The minimum atomic E-state index is -3.84. The molecule has 0 bridgehead atoms. The summed E-state index contributed by atoms with van der Waals surface area (Å²) in [5.41, 5.74) is 2.53. The molecule has 0 saturated heterocycles. The molecule has 0 unspecified atom stereocenters. The highest BCUT2D eigenvalue weighted by Crippen LogP contribution is 2.24. The van der Waals surface area contributed by atoms with E-state index in [0.717, 1.165) is 28.9 Å². The minimum Gasteiger partial charge on any atom is -0.278 e. The van der Waals surface area contributed by atoms with Gasteiger partial charge in [-0.2, -0.15) is 5.10 Å². The molecule has 0 fully saturated rings. The molecular formula is C19H15FN4O2S. The lowest BCUT2D eigenvalue weighted by molar-refractivity contribution is 0.599. The van der Waals surface area contributed by atoms with E-state index in [9.17, 15) is 12.8 Å². The number of pyridine rings is 1. The van der Waals surface area contributed by atoms with Gasteiger partial charge in [0, 0.05) is 5.39 Å². The quantitative estimate of drug-likeness (QED) is 0.584. The maximum Gasteiger partial charge on any atom is 0.261 e. The zero-order valence-electron chi connectivity index (χ0n) is 14.3. The normalized spacial score (nSPS) is 11.6. The van der Waals surface area contributed by atoms with Gasteiger partial charge in [0.25, 0.3) is 10.0 Å². The molecule has 0 saturated carbocycles. The molecule has 1 N–H and O–H groups in total. The Kier molecular flexibility index (Phi) is 4.12. The van der Waals surface area contributed by atoms with Crippen LogP contribution in [0.15, 0.2) is 71.8 Å². The largest absolute Gasteiger partial charge is 0.278 e. The molecule has 2 aromatic heterocycles. The van der Waals surface area contributed by atoms with E-state index in [2.05, 4.69) is 14.8 Å². The van der Waals surface area contributed by atoms with Crippen LogP contribution in [-0.4, -0.2) is 23.2 Å². The number of anilines is 1. The Morgan fingerprint density at radius 2 is 1.74 bits per heavy atom. The summed E-state index contributed by atoms with van der Waals surface area (Å²) in [6, 6.07) is 15.9. The van der Waals surface area contributed by atoms with Crippen molar-refractivity contribution in [1.29, 1.82) is 0 Å². The van der Waals surface area contributed by atoms with Gasteiger partial charge in [0.15, 0.2) is 5.65 Å². The number of para-hydroxylation sites is 1. The van der Waals surface area contributed by atoms with Crippen molar-refractivity contribution >= 4 is 26.7 Å². The molecule has 0 spiro atoms. The summed E-state index contributed by atoms with van der Waals surface area (Å²) in [5.74, 6) is -0.499. The van der Waals surface area contributed by atoms with E-state index in [-0.39, 0.29) is 4.90 Å². The third-order valence-corrected chi connectivity index (χ3v) is 5.48. The van der Waals surface area contributed by atoms with Gasteiger partial charge in [-0.25, -0.2) is 22.5 Å². The number of nitrogens with zero attached hydrogens (tertiary/aromatic N) is 3. The van der Waals surface area contributed by atoms with Crippen molar-refractivity contribution in [2.75, 3.05) is 4.72 Å². The van der Waals surface area contributed by atoms with E-state index < -0.39 is 15.8 Å². The third kappa shape index (κ3) is 3.26. The van der Waals surface area contributed by atoms with E-state index in [4.69, 9.17) is 0 Å². The number of hydrogen-bond donors (Lipinski definition) is 1. The Balaban J connectivity index is 1.72. The molecule has 0 aliphatic rings. The van der Waals surface area contributed by atoms with Gasteiger partial charge in [-0.1, -0.05) is 18.2 Å². The van der Waals surface area contributed by atoms with Crippen molar-refractivity contribution in [3.63, 3.8) is 0 Å². The highest BCUT2D eigenvalue weighted by atomic mass is 32.2. The molecule has 0 radical (unpaired) electrons. The first-order valence-electron chi connectivity index (χ1n) is 8.13. The Morgan fingerprint density at radius 1 is 1.04 bits per heavy atom. The van der Waals surface area contributed by atoms with Crippen LogP contribution in [0.4, 0.5) is 10.1 Å². The van der Waals surface area contributed by atoms with Crippen molar-refractivity contribution in [2.45, 2.75) is 11.8 Å². The molecule has 6 nitrogen and oxygen atoms in total. The number of nitrogens with one attached hydrogen (secondary N) is 1. The fourth-order valence-electron chi connectivity index (χ4n) is 2.78. The van der Waals surface area contributed by atoms with Gasteiger partial charge in [-0.15, -0.1) is 0 Å². The van der Waals surface area contributed by atoms with Gasteiger partial charge in [0.1, 0.15) is 5.82 Å². The van der Waals surface area contributed by atoms with Crippen LogP contribution in [0.25, 0.3) is 16.7 Å². The van der Waals surface area contributed by atoms with E-state index >= 15 is 0 Å². The van der Waals surface area contributed by atoms with Crippen LogP contribution in [0.5, 0.6) is 0 Å². The molecule has 8 heteroatoms. The van der Waals surface area contributed by atoms with Gasteiger partial charge in [0.2, 0.25) is 0 Å². The van der Waals surface area contributed by atoms with Crippen LogP contribution in [0.3, 0.4) is 0 Å². The molecule has 4 aromatic rings. The summed E-state index contributed by atoms with van der Waals surface area (Å²) in [4.78, 5) is 4.36. The summed E-state index contributed by atoms with van der Waals surface area (Å²) < 4.78 is 42.2. The molecule has 0 atom stereocenters. The van der Waals surface area contributed by atoms with E-state index in [1.165, 1.54) is 18.3 Å². The Labute approximate surface area is 155 Å². The Hall–Kier alpha value is -3.26. The topological polar surface area (TPSA) is 76.9 Å². The lowest BCUT2D eigenvalue weighted by Crippen LogP contribution is -2.13. The van der Waals surface area contributed by atoms with Crippen molar-refractivity contribution < 1.29 is 12.8 Å². The molecule has 0 amide bonds. The second-order valence-corrected chi connectivity index (χ2v) is 7.67. The van der Waals surface area contributed by atoms with Gasteiger partial charge >= 0.3 is 0 Å². The minimum absolute atomic E-state index is 0.0271. The first-order valence-corrected chi connectivity index (χ1v) is 9.61. The third-order valence-electron chi connectivity index (χ3n) is 4.08. The number of rotatable bonds is 4. The fraction of sp³-hybridized carbons (Fsp3) is 0.0526. The molecule has 136 valence electrons. The standard InChI is InChI=1S/C19H15FN4O2S/c1-13-18-11-15(23-27(25,26)17-9-7-14(20)8-10-17)12-21-19(18)24(22-13)16-5-3-2-4-6-16/h2-12,23H,1H3. The predicted octanol–water partition coefficient (Wildman–Crippen LogP) is 3.67. The summed E-state index contributed by atoms with van der Waals surface area (Å²) in [6.45, 7) is 1.84. The molecular weight excluding hydrogens is 367 g/mol. The van der Waals surface area contributed by atoms with Crippen LogP contribution in [0, 0.1) is 12.7 Å². The summed E-state index contributed by atoms with van der Waals surface area (Å²) >= 11 is 0. The van der Waals surface area contributed by atoms with Gasteiger partial charge in [-0.05, 0) is 49.4 Å². The van der Waals surface area contributed by atoms with Crippen LogP contribution < -0.4 is 4.72 Å². The Morgan fingerprint density at radius 3 is 2.44 bits per heavy atom. The zero-order valence-corrected chi connectivity index (χ0v) is 15.1. The average Bonchev–Trinajstić information content (AvgIpc) is 2.99. The maximum atomic E-state index is 13.0. The van der Waals surface area contributed by atoms with Crippen LogP contribution in [-0.2, 0) is 10.0 Å². The van der Waals surface area contributed by atoms with Crippen molar-refractivity contribution in [2.24, 2.45) is 0 Å². The average molecular weight is 382 g/mol. The van der Waals surface area contributed by atoms with Gasteiger partial charge in [0.05, 0.1) is 28.2 Å². The second-order valence-electron chi connectivity index (χ2n) is 5.99. The fourth-order valence-corrected chi connectivity index (χ4v) is 3.81. The van der Waals surface area contributed by atoms with Crippen LogP contribution >= 0.6 is 0 Å². The first kappa shape index (κ1) is 17.2. The highest BCUT2D eigenvalue weighted by Gasteiger charge is 2.16. The number of aryl methyl sites for hydroxylation is 1. The van der Waals surface area contributed by atoms with Crippen molar-refractivity contribution in [3.8, 4) is 5.69 Å². The van der Waals surface area contributed by atoms with Gasteiger partial charge < -0.3 is 0 Å². The summed E-state index contributed by atoms with van der Waals surface area (Å²) in [5, 5.41) is 5.24. The molecule has 2 heterocycles. The number of hydrogen-bond acceptors (Lipinski definition) is 4. The number of aromatic nitrogens is 3. The van der Waals surface area contributed by atoms with E-state index in [1.807, 2.05) is 37.3 Å². The lowest BCUT2D eigenvalue weighted by Gasteiger charge is -2.08. The summed E-state index contributed by atoms with van der Waals surface area (Å²) in [7, 11) is -3.84. The summed E-state index contributed by atoms with van der Waals surface area (Å²) in [6.07, 6.45) is 1.43. The van der Waals surface area contributed by atoms with Crippen molar-refractivity contribution in [3.05, 3.63) is 78.4 Å². The van der Waals surface area contributed by atoms with Crippen LogP contribution in [0.2, 0.25) is 0 Å². The van der Waals surface area contributed by atoms with Crippen LogP contribution in [0.1, 0.15) is 5.69 Å². The Bertz CT molecular complexity index is 1220. The second kappa shape index (κ2) is 6.48. The van der Waals surface area contributed by atoms with Crippen molar-refractivity contribution in [1.82, 2.24) is 14.8 Å². The van der Waals surface area contributed by atoms with E-state index in [0.29, 0.717) is 11.3 Å². The molecule has 2 aromatic carbocycles. The number of halogens is 1. The number of benzene rings is 2. The predicted molar refractivity (Wildman–Crippen MR) is 101 cm³/mol. The smallest absolute Gasteiger partial charge is 0.261 e. The molecule has 0 aliphatic heterocycles. The maximum absolute atomic E-state index is 13.0. The number of sulfonamides is 1. The van der Waals surface area contributed by atoms with Gasteiger partial charge in [-0.3, -0.25) is 4.72 Å². The molecule has 0 aliphatic carbocycles. The zero-order chi connectivity index (χ0) is 19.0. The first-order chi connectivity index (χ1) is 12.9. The monoisotopic (exact) mass is 382 g/mol. The van der Waals surface area contributed by atoms with E-state index in [1.54, 1.807) is 10.7 Å².